The van der Waals surface area contributed by atoms with Gasteiger partial charge in [0.05, 0.1) is 19.1 Å². The Bertz CT molecular complexity index is 1630. The van der Waals surface area contributed by atoms with Gasteiger partial charge in [0.25, 0.3) is 0 Å². The Labute approximate surface area is 259 Å². The average molecular weight is 616 g/mol. The van der Waals surface area contributed by atoms with Crippen LogP contribution in [0.15, 0.2) is 109 Å². The van der Waals surface area contributed by atoms with Gasteiger partial charge in [0.15, 0.2) is 0 Å². The minimum absolute atomic E-state index is 0.0603. The van der Waals surface area contributed by atoms with Crippen molar-refractivity contribution in [3.63, 3.8) is 0 Å². The van der Waals surface area contributed by atoms with E-state index in [1.54, 1.807) is 49.6 Å². The van der Waals surface area contributed by atoms with Gasteiger partial charge in [-0.25, -0.2) is 8.42 Å². The zero-order chi connectivity index (χ0) is 31.5. The molecule has 0 aromatic heterocycles. The van der Waals surface area contributed by atoms with Gasteiger partial charge in [-0.3, -0.25) is 13.9 Å². The number of carbonyl (C=O) groups is 2. The molecule has 0 unspecified atom stereocenters. The summed E-state index contributed by atoms with van der Waals surface area (Å²) >= 11 is 0. The number of amides is 2. The first-order valence-electron chi connectivity index (χ1n) is 14.1. The monoisotopic (exact) mass is 615 g/mol. The Balaban J connectivity index is 1.62. The first-order chi connectivity index (χ1) is 21.2. The third-order valence-electron chi connectivity index (χ3n) is 7.06. The number of methoxy groups -OCH3 is 1. The number of ether oxygens (including phenoxy) is 2. The van der Waals surface area contributed by atoms with Crippen LogP contribution in [0.5, 0.6) is 11.5 Å². The minimum Gasteiger partial charge on any atom is -0.497 e. The van der Waals surface area contributed by atoms with E-state index in [0.29, 0.717) is 23.8 Å². The maximum absolute atomic E-state index is 14.1. The molecule has 1 atom stereocenters. The molecule has 4 aromatic carbocycles. The molecule has 0 aliphatic carbocycles. The Kier molecular flexibility index (Phi) is 11.0. The van der Waals surface area contributed by atoms with Crippen LogP contribution in [0.3, 0.4) is 0 Å². The molecule has 0 fully saturated rings. The molecule has 0 saturated carbocycles. The quantitative estimate of drug-likeness (QED) is 0.225. The summed E-state index contributed by atoms with van der Waals surface area (Å²) in [5, 5.41) is 2.67. The third kappa shape index (κ3) is 8.84. The van der Waals surface area contributed by atoms with Crippen molar-refractivity contribution in [2.75, 3.05) is 31.3 Å². The van der Waals surface area contributed by atoms with E-state index in [-0.39, 0.29) is 18.9 Å². The predicted octanol–water partition coefficient (Wildman–Crippen LogP) is 4.43. The fraction of sp³-hybridized carbons (Fsp3) is 0.235. The lowest BCUT2D eigenvalue weighted by molar-refractivity contribution is -0.139. The number of hydrogen-bond acceptors (Lipinski definition) is 6. The molecule has 0 spiro atoms. The van der Waals surface area contributed by atoms with E-state index in [4.69, 9.17) is 9.47 Å². The van der Waals surface area contributed by atoms with Crippen LogP contribution >= 0.6 is 0 Å². The molecule has 0 aliphatic heterocycles. The molecule has 10 heteroatoms. The number of sulfonamides is 1. The maximum Gasteiger partial charge on any atom is 0.244 e. The molecule has 0 saturated heterocycles. The molecular formula is C34H37N3O6S. The Morgan fingerprint density at radius 3 is 2.00 bits per heavy atom. The summed E-state index contributed by atoms with van der Waals surface area (Å²) in [6.45, 7) is -0.0872. The number of hydrogen-bond donors (Lipinski definition) is 1. The van der Waals surface area contributed by atoms with Crippen molar-refractivity contribution >= 4 is 27.5 Å². The van der Waals surface area contributed by atoms with Gasteiger partial charge in [-0.2, -0.15) is 0 Å². The number of rotatable bonds is 14. The van der Waals surface area contributed by atoms with Crippen molar-refractivity contribution in [3.8, 4) is 11.5 Å². The normalized spacial score (nSPS) is 11.7. The maximum atomic E-state index is 14.1. The summed E-state index contributed by atoms with van der Waals surface area (Å²) in [4.78, 5) is 28.8. The average Bonchev–Trinajstić information content (AvgIpc) is 3.04. The summed E-state index contributed by atoms with van der Waals surface area (Å²) in [5.41, 5.74) is 2.88. The van der Waals surface area contributed by atoms with Gasteiger partial charge in [-0.05, 0) is 53.1 Å². The van der Waals surface area contributed by atoms with Crippen molar-refractivity contribution in [1.29, 1.82) is 0 Å². The Morgan fingerprint density at radius 2 is 1.41 bits per heavy atom. The zero-order valence-electron chi connectivity index (χ0n) is 25.1. The highest BCUT2D eigenvalue weighted by Crippen LogP contribution is 2.24. The van der Waals surface area contributed by atoms with Crippen molar-refractivity contribution in [2.24, 2.45) is 0 Å². The number of likely N-dealkylation sites (N-methyl/N-ethyl adjacent to an activating group) is 1. The number of benzene rings is 4. The first kappa shape index (κ1) is 32.1. The SMILES string of the molecule is CNC(=O)[C@@H](Cc1ccccc1)N(Cc1cccc(OC)c1)C(=O)CN(c1ccc(OCc2ccccc2)cc1)S(C)(=O)=O. The molecule has 230 valence electrons. The number of nitrogens with one attached hydrogen (secondary N) is 1. The largest absolute Gasteiger partial charge is 0.497 e. The highest BCUT2D eigenvalue weighted by atomic mass is 32.2. The summed E-state index contributed by atoms with van der Waals surface area (Å²) in [6, 6.07) is 31.9. The molecule has 0 bridgehead atoms. The van der Waals surface area contributed by atoms with E-state index >= 15 is 0 Å². The molecule has 4 aromatic rings. The van der Waals surface area contributed by atoms with Crippen LogP contribution in [0.2, 0.25) is 0 Å². The van der Waals surface area contributed by atoms with Crippen LogP contribution in [-0.2, 0) is 39.2 Å². The fourth-order valence-electron chi connectivity index (χ4n) is 4.75. The summed E-state index contributed by atoms with van der Waals surface area (Å²) < 4.78 is 38.3. The summed E-state index contributed by atoms with van der Waals surface area (Å²) in [5.74, 6) is 0.254. The molecule has 0 heterocycles. The van der Waals surface area contributed by atoms with Gasteiger partial charge in [0.2, 0.25) is 21.8 Å². The van der Waals surface area contributed by atoms with Crippen LogP contribution in [0, 0.1) is 0 Å². The molecule has 1 N–H and O–H groups in total. The van der Waals surface area contributed by atoms with Crippen LogP contribution in [0.4, 0.5) is 5.69 Å². The zero-order valence-corrected chi connectivity index (χ0v) is 25.9. The van der Waals surface area contributed by atoms with E-state index in [1.165, 1.54) is 11.9 Å². The van der Waals surface area contributed by atoms with Crippen LogP contribution in [-0.4, -0.2) is 58.1 Å². The van der Waals surface area contributed by atoms with Crippen molar-refractivity contribution in [3.05, 3.63) is 126 Å². The van der Waals surface area contributed by atoms with E-state index in [9.17, 15) is 18.0 Å². The summed E-state index contributed by atoms with van der Waals surface area (Å²) in [7, 11) is -0.823. The second-order valence-corrected chi connectivity index (χ2v) is 12.1. The Morgan fingerprint density at radius 1 is 0.795 bits per heavy atom. The molecular weight excluding hydrogens is 578 g/mol. The lowest BCUT2D eigenvalue weighted by Crippen LogP contribution is -2.52. The molecule has 0 radical (unpaired) electrons. The molecule has 0 aliphatic rings. The van der Waals surface area contributed by atoms with E-state index in [1.807, 2.05) is 66.7 Å². The van der Waals surface area contributed by atoms with Gasteiger partial charge in [0, 0.05) is 20.0 Å². The smallest absolute Gasteiger partial charge is 0.244 e. The van der Waals surface area contributed by atoms with Crippen LogP contribution < -0.4 is 19.1 Å². The highest BCUT2D eigenvalue weighted by Gasteiger charge is 2.32. The third-order valence-corrected chi connectivity index (χ3v) is 8.20. The fourth-order valence-corrected chi connectivity index (χ4v) is 5.60. The second kappa shape index (κ2) is 15.1. The molecule has 2 amide bonds. The topological polar surface area (TPSA) is 105 Å². The number of anilines is 1. The van der Waals surface area contributed by atoms with Crippen LogP contribution in [0.1, 0.15) is 16.7 Å². The molecule has 44 heavy (non-hydrogen) atoms. The van der Waals surface area contributed by atoms with Crippen LogP contribution in [0.25, 0.3) is 0 Å². The van der Waals surface area contributed by atoms with Gasteiger partial charge < -0.3 is 19.7 Å². The standard InChI is InChI=1S/C34H37N3O6S/c1-35-34(39)32(22-26-11-6-4-7-12-26)36(23-28-15-10-16-31(21-28)42-2)33(38)24-37(44(3,40)41)29-17-19-30(20-18-29)43-25-27-13-8-5-9-14-27/h4-21,32H,22-25H2,1-3H3,(H,35,39)/t32-/m1/s1. The van der Waals surface area contributed by atoms with E-state index in [0.717, 1.165) is 27.3 Å². The van der Waals surface area contributed by atoms with Crippen molar-refractivity contribution in [2.45, 2.75) is 25.6 Å². The van der Waals surface area contributed by atoms with Gasteiger partial charge in [-0.1, -0.05) is 72.8 Å². The number of carbonyl (C=O) groups excluding carboxylic acids is 2. The first-order valence-corrected chi connectivity index (χ1v) is 15.9. The van der Waals surface area contributed by atoms with E-state index in [2.05, 4.69) is 5.32 Å². The summed E-state index contributed by atoms with van der Waals surface area (Å²) in [6.07, 6.45) is 1.29. The lowest BCUT2D eigenvalue weighted by Gasteiger charge is -2.33. The highest BCUT2D eigenvalue weighted by molar-refractivity contribution is 7.92. The van der Waals surface area contributed by atoms with Gasteiger partial charge >= 0.3 is 0 Å². The predicted molar refractivity (Wildman–Crippen MR) is 171 cm³/mol. The lowest BCUT2D eigenvalue weighted by atomic mass is 10.0. The van der Waals surface area contributed by atoms with Crippen molar-refractivity contribution < 1.29 is 27.5 Å². The molecule has 4 rings (SSSR count). The van der Waals surface area contributed by atoms with Gasteiger partial charge in [-0.15, -0.1) is 0 Å². The second-order valence-electron chi connectivity index (χ2n) is 10.2. The Hall–Kier alpha value is -4.83. The number of nitrogens with zero attached hydrogens (tertiary/aromatic N) is 2. The molecule has 9 nitrogen and oxygen atoms in total. The van der Waals surface area contributed by atoms with Gasteiger partial charge in [0.1, 0.15) is 30.7 Å². The van der Waals surface area contributed by atoms with E-state index < -0.39 is 28.5 Å². The minimum atomic E-state index is -3.88. The van der Waals surface area contributed by atoms with Crippen molar-refractivity contribution in [1.82, 2.24) is 10.2 Å².